The van der Waals surface area contributed by atoms with Gasteiger partial charge in [-0.1, -0.05) is 29.8 Å². The highest BCUT2D eigenvalue weighted by Gasteiger charge is 2.36. The fourth-order valence-corrected chi connectivity index (χ4v) is 2.33. The van der Waals surface area contributed by atoms with Gasteiger partial charge in [0.05, 0.1) is 11.6 Å². The van der Waals surface area contributed by atoms with Gasteiger partial charge in [-0.05, 0) is 32.3 Å². The van der Waals surface area contributed by atoms with Crippen molar-refractivity contribution in [1.29, 1.82) is 0 Å². The maximum atomic E-state index is 12.3. The molecule has 1 saturated heterocycles. The molecule has 4 heteroatoms. The topological polar surface area (TPSA) is 64.4 Å². The zero-order valence-electron chi connectivity index (χ0n) is 11.6. The lowest BCUT2D eigenvalue weighted by Crippen LogP contribution is -2.57. The van der Waals surface area contributed by atoms with Gasteiger partial charge in [0.15, 0.2) is 0 Å². The van der Waals surface area contributed by atoms with E-state index in [1.807, 2.05) is 32.0 Å². The maximum Gasteiger partial charge on any atom is 0.240 e. The molecule has 1 aliphatic heterocycles. The molecule has 0 aromatic heterocycles. The number of ether oxygens (including phenoxy) is 1. The summed E-state index contributed by atoms with van der Waals surface area (Å²) in [5, 5.41) is 3.01. The van der Waals surface area contributed by atoms with Crippen molar-refractivity contribution in [3.05, 3.63) is 35.4 Å². The molecule has 104 valence electrons. The lowest BCUT2D eigenvalue weighted by Gasteiger charge is -2.33. The quantitative estimate of drug-likeness (QED) is 0.871. The SMILES string of the molecule is Cc1cccc([C@@H](C)NC(=O)C2(N)CCOCC2)c1. The number of rotatable bonds is 3. The Hall–Kier alpha value is -1.39. The predicted molar refractivity (Wildman–Crippen MR) is 74.7 cm³/mol. The van der Waals surface area contributed by atoms with Crippen molar-refractivity contribution in [2.75, 3.05) is 13.2 Å². The number of carbonyl (C=O) groups is 1. The minimum absolute atomic E-state index is 0.0318. The predicted octanol–water partition coefficient (Wildman–Crippen LogP) is 1.68. The average Bonchev–Trinajstić information content (AvgIpc) is 2.39. The van der Waals surface area contributed by atoms with Gasteiger partial charge in [-0.15, -0.1) is 0 Å². The van der Waals surface area contributed by atoms with Gasteiger partial charge >= 0.3 is 0 Å². The molecule has 0 aliphatic carbocycles. The van der Waals surface area contributed by atoms with Crippen LogP contribution < -0.4 is 11.1 Å². The van der Waals surface area contributed by atoms with E-state index in [1.54, 1.807) is 0 Å². The van der Waals surface area contributed by atoms with E-state index in [0.717, 1.165) is 5.56 Å². The first kappa shape index (κ1) is 14.0. The standard InChI is InChI=1S/C15H22N2O2/c1-11-4-3-5-13(10-11)12(2)17-14(18)15(16)6-8-19-9-7-15/h3-5,10,12H,6-9,16H2,1-2H3,(H,17,18)/t12-/m1/s1. The number of hydrogen-bond donors (Lipinski definition) is 2. The Kier molecular flexibility index (Phi) is 4.22. The van der Waals surface area contributed by atoms with Gasteiger partial charge in [-0.25, -0.2) is 0 Å². The highest BCUT2D eigenvalue weighted by molar-refractivity contribution is 5.86. The summed E-state index contributed by atoms with van der Waals surface area (Å²) in [6.45, 7) is 5.14. The Morgan fingerprint density at radius 2 is 2.11 bits per heavy atom. The van der Waals surface area contributed by atoms with Gasteiger partial charge in [0.2, 0.25) is 5.91 Å². The van der Waals surface area contributed by atoms with Crippen LogP contribution in [0.3, 0.4) is 0 Å². The molecule has 0 bridgehead atoms. The summed E-state index contributed by atoms with van der Waals surface area (Å²) in [6.07, 6.45) is 1.17. The van der Waals surface area contributed by atoms with Crippen LogP contribution in [0.2, 0.25) is 0 Å². The third-order valence-corrected chi connectivity index (χ3v) is 3.73. The number of hydrogen-bond acceptors (Lipinski definition) is 3. The molecule has 1 aliphatic rings. The van der Waals surface area contributed by atoms with Gasteiger partial charge in [0.1, 0.15) is 0 Å². The molecular weight excluding hydrogens is 240 g/mol. The Bertz CT molecular complexity index is 453. The molecule has 3 N–H and O–H groups in total. The van der Waals surface area contributed by atoms with Crippen molar-refractivity contribution in [2.24, 2.45) is 5.73 Å². The van der Waals surface area contributed by atoms with Crippen LogP contribution in [0.25, 0.3) is 0 Å². The molecule has 19 heavy (non-hydrogen) atoms. The summed E-state index contributed by atoms with van der Waals surface area (Å²) in [4.78, 5) is 12.3. The van der Waals surface area contributed by atoms with E-state index >= 15 is 0 Å². The monoisotopic (exact) mass is 262 g/mol. The first-order chi connectivity index (χ1) is 9.01. The van der Waals surface area contributed by atoms with Crippen LogP contribution in [0.4, 0.5) is 0 Å². The van der Waals surface area contributed by atoms with Crippen molar-refractivity contribution in [3.8, 4) is 0 Å². The fourth-order valence-electron chi connectivity index (χ4n) is 2.33. The van der Waals surface area contributed by atoms with Crippen molar-refractivity contribution < 1.29 is 9.53 Å². The Balaban J connectivity index is 2.02. The van der Waals surface area contributed by atoms with E-state index in [-0.39, 0.29) is 11.9 Å². The van der Waals surface area contributed by atoms with E-state index in [4.69, 9.17) is 10.5 Å². The van der Waals surface area contributed by atoms with Crippen molar-refractivity contribution in [3.63, 3.8) is 0 Å². The molecule has 1 aromatic rings. The van der Waals surface area contributed by atoms with Crippen LogP contribution in [-0.2, 0) is 9.53 Å². The zero-order chi connectivity index (χ0) is 13.9. The Morgan fingerprint density at radius 1 is 1.42 bits per heavy atom. The third-order valence-electron chi connectivity index (χ3n) is 3.73. The minimum atomic E-state index is -0.781. The summed E-state index contributed by atoms with van der Waals surface area (Å²) in [5.41, 5.74) is 7.67. The molecule has 0 saturated carbocycles. The van der Waals surface area contributed by atoms with Gasteiger partial charge in [0.25, 0.3) is 0 Å². The van der Waals surface area contributed by atoms with E-state index in [1.165, 1.54) is 5.56 Å². The van der Waals surface area contributed by atoms with E-state index in [0.29, 0.717) is 26.1 Å². The van der Waals surface area contributed by atoms with Crippen molar-refractivity contribution >= 4 is 5.91 Å². The second-order valence-corrected chi connectivity index (χ2v) is 5.38. The normalized spacial score (nSPS) is 19.7. The number of amides is 1. The van der Waals surface area contributed by atoms with Gasteiger partial charge in [0, 0.05) is 13.2 Å². The highest BCUT2D eigenvalue weighted by Crippen LogP contribution is 2.20. The second-order valence-electron chi connectivity index (χ2n) is 5.38. The highest BCUT2D eigenvalue weighted by atomic mass is 16.5. The Labute approximate surface area is 114 Å². The van der Waals surface area contributed by atoms with Crippen molar-refractivity contribution in [1.82, 2.24) is 5.32 Å². The molecule has 0 radical (unpaired) electrons. The van der Waals surface area contributed by atoms with Gasteiger partial charge < -0.3 is 15.8 Å². The molecule has 0 unspecified atom stereocenters. The Morgan fingerprint density at radius 3 is 2.74 bits per heavy atom. The third kappa shape index (κ3) is 3.33. The molecule has 2 rings (SSSR count). The molecule has 1 fully saturated rings. The molecule has 4 nitrogen and oxygen atoms in total. The molecular formula is C15H22N2O2. The van der Waals surface area contributed by atoms with Crippen LogP contribution in [0.5, 0.6) is 0 Å². The zero-order valence-corrected chi connectivity index (χ0v) is 11.6. The lowest BCUT2D eigenvalue weighted by molar-refractivity contribution is -0.130. The van der Waals surface area contributed by atoms with Crippen LogP contribution in [0.1, 0.15) is 36.9 Å². The summed E-state index contributed by atoms with van der Waals surface area (Å²) in [7, 11) is 0. The molecule has 1 amide bonds. The fraction of sp³-hybridized carbons (Fsp3) is 0.533. The minimum Gasteiger partial charge on any atom is -0.381 e. The number of benzene rings is 1. The molecule has 1 atom stereocenters. The molecule has 1 heterocycles. The van der Waals surface area contributed by atoms with E-state index in [2.05, 4.69) is 11.4 Å². The van der Waals surface area contributed by atoms with Crippen LogP contribution in [0, 0.1) is 6.92 Å². The number of nitrogens with two attached hydrogens (primary N) is 1. The maximum absolute atomic E-state index is 12.3. The van der Waals surface area contributed by atoms with Crippen LogP contribution in [0.15, 0.2) is 24.3 Å². The van der Waals surface area contributed by atoms with Gasteiger partial charge in [-0.2, -0.15) is 0 Å². The lowest BCUT2D eigenvalue weighted by atomic mass is 9.90. The number of aryl methyl sites for hydroxylation is 1. The summed E-state index contributed by atoms with van der Waals surface area (Å²) in [5.74, 6) is -0.0789. The number of carbonyl (C=O) groups excluding carboxylic acids is 1. The first-order valence-electron chi connectivity index (χ1n) is 6.75. The first-order valence-corrected chi connectivity index (χ1v) is 6.75. The second kappa shape index (κ2) is 5.72. The summed E-state index contributed by atoms with van der Waals surface area (Å²) >= 11 is 0. The van der Waals surface area contributed by atoms with Crippen LogP contribution in [-0.4, -0.2) is 24.7 Å². The summed E-state index contributed by atoms with van der Waals surface area (Å²) < 4.78 is 5.26. The largest absolute Gasteiger partial charge is 0.381 e. The molecule has 0 spiro atoms. The summed E-state index contributed by atoms with van der Waals surface area (Å²) in [6, 6.07) is 8.11. The van der Waals surface area contributed by atoms with E-state index < -0.39 is 5.54 Å². The smallest absolute Gasteiger partial charge is 0.240 e. The van der Waals surface area contributed by atoms with Gasteiger partial charge in [-0.3, -0.25) is 4.79 Å². The molecule has 1 aromatic carbocycles. The van der Waals surface area contributed by atoms with Crippen molar-refractivity contribution in [2.45, 2.75) is 38.3 Å². The average molecular weight is 262 g/mol. The van der Waals surface area contributed by atoms with E-state index in [9.17, 15) is 4.79 Å². The number of nitrogens with one attached hydrogen (secondary N) is 1. The van der Waals surface area contributed by atoms with Crippen LogP contribution >= 0.6 is 0 Å².